The Bertz CT molecular complexity index is 363. The van der Waals surface area contributed by atoms with E-state index < -0.39 is 4.92 Å². The van der Waals surface area contributed by atoms with Crippen LogP contribution in [0.3, 0.4) is 0 Å². The zero-order valence-electron chi connectivity index (χ0n) is 7.86. The van der Waals surface area contributed by atoms with Crippen LogP contribution >= 0.6 is 0 Å². The lowest BCUT2D eigenvalue weighted by Crippen LogP contribution is -2.06. The number of anilines is 1. The Morgan fingerprint density at radius 1 is 1.79 bits per heavy atom. The molecule has 0 radical (unpaired) electrons. The van der Waals surface area contributed by atoms with E-state index in [-0.39, 0.29) is 11.5 Å². The summed E-state index contributed by atoms with van der Waals surface area (Å²) in [6.45, 7) is 6.00. The van der Waals surface area contributed by atoms with Gasteiger partial charge in [-0.15, -0.1) is 0 Å². The molecule has 0 atom stereocenters. The van der Waals surface area contributed by atoms with Crippen molar-refractivity contribution in [2.24, 2.45) is 0 Å². The van der Waals surface area contributed by atoms with Crippen LogP contribution in [0.5, 0.6) is 0 Å². The maximum atomic E-state index is 10.6. The van der Waals surface area contributed by atoms with Crippen molar-refractivity contribution in [3.63, 3.8) is 0 Å². The maximum Gasteiger partial charge on any atom is 0.311 e. The van der Waals surface area contributed by atoms with Crippen molar-refractivity contribution in [3.05, 3.63) is 40.6 Å². The molecule has 74 valence electrons. The van der Waals surface area contributed by atoms with E-state index in [2.05, 4.69) is 16.9 Å². The summed E-state index contributed by atoms with van der Waals surface area (Å²) >= 11 is 0. The van der Waals surface area contributed by atoms with Crippen LogP contribution in [0.15, 0.2) is 30.5 Å². The van der Waals surface area contributed by atoms with Crippen LogP contribution in [0, 0.1) is 10.1 Å². The van der Waals surface area contributed by atoms with Crippen molar-refractivity contribution in [3.8, 4) is 0 Å². The summed E-state index contributed by atoms with van der Waals surface area (Å²) in [6, 6.07) is 2.94. The van der Waals surface area contributed by atoms with E-state index in [0.717, 1.165) is 5.57 Å². The van der Waals surface area contributed by atoms with Crippen molar-refractivity contribution in [1.29, 1.82) is 0 Å². The maximum absolute atomic E-state index is 10.6. The molecule has 1 rings (SSSR count). The van der Waals surface area contributed by atoms with E-state index in [1.165, 1.54) is 18.3 Å². The Morgan fingerprint density at radius 3 is 3.07 bits per heavy atom. The molecule has 5 heteroatoms. The summed E-state index contributed by atoms with van der Waals surface area (Å²) in [5, 5.41) is 13.4. The zero-order chi connectivity index (χ0) is 10.6. The number of nitrogens with zero attached hydrogens (tertiary/aromatic N) is 2. The topological polar surface area (TPSA) is 68.1 Å². The molecular weight excluding hydrogens is 182 g/mol. The second kappa shape index (κ2) is 4.36. The van der Waals surface area contributed by atoms with Gasteiger partial charge in [-0.25, -0.2) is 4.98 Å². The van der Waals surface area contributed by atoms with Gasteiger partial charge in [0.2, 0.25) is 5.82 Å². The number of rotatable bonds is 4. The van der Waals surface area contributed by atoms with Gasteiger partial charge in [0, 0.05) is 18.8 Å². The minimum absolute atomic E-state index is 0.0197. The van der Waals surface area contributed by atoms with Gasteiger partial charge in [0.25, 0.3) is 0 Å². The second-order valence-electron chi connectivity index (χ2n) is 2.94. The number of pyridine rings is 1. The summed E-state index contributed by atoms with van der Waals surface area (Å²) < 4.78 is 0. The van der Waals surface area contributed by atoms with E-state index in [9.17, 15) is 10.1 Å². The van der Waals surface area contributed by atoms with E-state index in [4.69, 9.17) is 0 Å². The molecule has 0 aliphatic carbocycles. The number of hydrogen-bond acceptors (Lipinski definition) is 4. The molecule has 14 heavy (non-hydrogen) atoms. The summed E-state index contributed by atoms with van der Waals surface area (Å²) in [5.41, 5.74) is 0.874. The Kier molecular flexibility index (Phi) is 3.17. The molecule has 0 aliphatic rings. The summed E-state index contributed by atoms with van der Waals surface area (Å²) in [7, 11) is 0. The first-order valence-corrected chi connectivity index (χ1v) is 4.09. The summed E-state index contributed by atoms with van der Waals surface area (Å²) in [4.78, 5) is 14.0. The van der Waals surface area contributed by atoms with Crippen LogP contribution in [-0.4, -0.2) is 16.5 Å². The first-order valence-electron chi connectivity index (χ1n) is 4.09. The summed E-state index contributed by atoms with van der Waals surface area (Å²) in [6.07, 6.45) is 1.51. The molecule has 0 spiro atoms. The normalized spacial score (nSPS) is 9.50. The van der Waals surface area contributed by atoms with Gasteiger partial charge in [-0.05, 0) is 13.0 Å². The lowest BCUT2D eigenvalue weighted by molar-refractivity contribution is -0.384. The largest absolute Gasteiger partial charge is 0.361 e. The molecule has 0 saturated heterocycles. The molecule has 1 N–H and O–H groups in total. The van der Waals surface area contributed by atoms with Crippen LogP contribution < -0.4 is 5.32 Å². The van der Waals surface area contributed by atoms with Gasteiger partial charge in [-0.1, -0.05) is 12.2 Å². The quantitative estimate of drug-likeness (QED) is 0.451. The Balaban J connectivity index is 2.84. The molecule has 0 saturated carbocycles. The van der Waals surface area contributed by atoms with E-state index in [1.54, 1.807) is 0 Å². The van der Waals surface area contributed by atoms with Crippen molar-refractivity contribution < 1.29 is 4.92 Å². The minimum atomic E-state index is -0.465. The molecule has 1 heterocycles. The zero-order valence-corrected chi connectivity index (χ0v) is 7.86. The van der Waals surface area contributed by atoms with Gasteiger partial charge in [0.05, 0.1) is 4.92 Å². The molecule has 1 aromatic rings. The highest BCUT2D eigenvalue weighted by atomic mass is 16.6. The highest BCUT2D eigenvalue weighted by Crippen LogP contribution is 2.19. The highest BCUT2D eigenvalue weighted by Gasteiger charge is 2.12. The average molecular weight is 193 g/mol. The average Bonchev–Trinajstić information content (AvgIpc) is 2.15. The van der Waals surface area contributed by atoms with Crippen LogP contribution in [0.1, 0.15) is 6.92 Å². The Hall–Kier alpha value is -1.91. The Morgan fingerprint density at radius 2 is 2.50 bits per heavy atom. The molecule has 0 bridgehead atoms. The van der Waals surface area contributed by atoms with Gasteiger partial charge < -0.3 is 5.32 Å². The van der Waals surface area contributed by atoms with Crippen LogP contribution in [0.25, 0.3) is 0 Å². The first kappa shape index (κ1) is 10.2. The van der Waals surface area contributed by atoms with E-state index in [1.807, 2.05) is 6.92 Å². The number of hydrogen-bond donors (Lipinski definition) is 1. The lowest BCUT2D eigenvalue weighted by Gasteiger charge is -2.04. The number of nitro groups is 1. The molecule has 0 amide bonds. The third-order valence-corrected chi connectivity index (χ3v) is 1.54. The van der Waals surface area contributed by atoms with Crippen molar-refractivity contribution >= 4 is 11.5 Å². The SMILES string of the molecule is C=C(C)CNc1ncccc1[N+](=O)[O-]. The smallest absolute Gasteiger partial charge is 0.311 e. The van der Waals surface area contributed by atoms with E-state index in [0.29, 0.717) is 6.54 Å². The van der Waals surface area contributed by atoms with Gasteiger partial charge >= 0.3 is 5.69 Å². The van der Waals surface area contributed by atoms with Crippen LogP contribution in [0.4, 0.5) is 11.5 Å². The minimum Gasteiger partial charge on any atom is -0.361 e. The molecule has 0 unspecified atom stereocenters. The van der Waals surface area contributed by atoms with Crippen LogP contribution in [0.2, 0.25) is 0 Å². The molecule has 0 aliphatic heterocycles. The predicted octanol–water partition coefficient (Wildman–Crippen LogP) is 1.98. The van der Waals surface area contributed by atoms with Gasteiger partial charge in [-0.2, -0.15) is 0 Å². The standard InChI is InChI=1S/C9H11N3O2/c1-7(2)6-11-9-8(12(13)14)4-3-5-10-9/h3-5H,1,6H2,2H3,(H,10,11). The first-order chi connectivity index (χ1) is 6.61. The number of aromatic nitrogens is 1. The molecule has 0 aromatic carbocycles. The van der Waals surface area contributed by atoms with Crippen LogP contribution in [-0.2, 0) is 0 Å². The molecule has 1 aromatic heterocycles. The third kappa shape index (κ3) is 2.55. The van der Waals surface area contributed by atoms with Crippen molar-refractivity contribution in [2.45, 2.75) is 6.92 Å². The van der Waals surface area contributed by atoms with E-state index >= 15 is 0 Å². The van der Waals surface area contributed by atoms with Crippen molar-refractivity contribution in [1.82, 2.24) is 4.98 Å². The second-order valence-corrected chi connectivity index (χ2v) is 2.94. The van der Waals surface area contributed by atoms with Crippen molar-refractivity contribution in [2.75, 3.05) is 11.9 Å². The summed E-state index contributed by atoms with van der Waals surface area (Å²) in [5.74, 6) is 0.278. The molecular formula is C9H11N3O2. The van der Waals surface area contributed by atoms with Gasteiger partial charge in [-0.3, -0.25) is 10.1 Å². The fourth-order valence-corrected chi connectivity index (χ4v) is 0.915. The molecule has 0 fully saturated rings. The third-order valence-electron chi connectivity index (χ3n) is 1.54. The van der Waals surface area contributed by atoms with Gasteiger partial charge in [0.15, 0.2) is 0 Å². The monoisotopic (exact) mass is 193 g/mol. The fraction of sp³-hybridized carbons (Fsp3) is 0.222. The number of nitrogens with one attached hydrogen (secondary N) is 1. The fourth-order valence-electron chi connectivity index (χ4n) is 0.915. The molecule has 5 nitrogen and oxygen atoms in total. The van der Waals surface area contributed by atoms with Gasteiger partial charge in [0.1, 0.15) is 0 Å². The lowest BCUT2D eigenvalue weighted by atomic mass is 10.3. The predicted molar refractivity (Wildman–Crippen MR) is 54.2 cm³/mol. The highest BCUT2D eigenvalue weighted by molar-refractivity contribution is 5.55. The Labute approximate surface area is 81.6 Å².